The molecule has 0 saturated heterocycles. The standard InChI is InChI=1S/C21H21ClN2OS/c1-24(2)14-15-7-9-16(10-8-15)18-6-4-3-5-17(18)13-23-21(25)19-11-12-20(22)26-19/h3-12H,13-14H2,1-2H3,(H,23,25). The summed E-state index contributed by atoms with van der Waals surface area (Å²) in [5.41, 5.74) is 4.65. The molecule has 0 bridgehead atoms. The van der Waals surface area contributed by atoms with Gasteiger partial charge in [-0.2, -0.15) is 0 Å². The number of rotatable bonds is 6. The molecule has 3 nitrogen and oxygen atoms in total. The van der Waals surface area contributed by atoms with E-state index in [1.807, 2.05) is 18.2 Å². The summed E-state index contributed by atoms with van der Waals surface area (Å²) in [6, 6.07) is 20.2. The summed E-state index contributed by atoms with van der Waals surface area (Å²) in [4.78, 5) is 15.0. The van der Waals surface area contributed by atoms with Crippen LogP contribution in [0.15, 0.2) is 60.7 Å². The Balaban J connectivity index is 1.74. The third-order valence-electron chi connectivity index (χ3n) is 4.02. The van der Waals surface area contributed by atoms with Crippen molar-refractivity contribution in [3.05, 3.63) is 81.0 Å². The van der Waals surface area contributed by atoms with Gasteiger partial charge in [-0.15, -0.1) is 11.3 Å². The SMILES string of the molecule is CN(C)Cc1ccc(-c2ccccc2CNC(=O)c2ccc(Cl)s2)cc1. The van der Waals surface area contributed by atoms with E-state index < -0.39 is 0 Å². The van der Waals surface area contributed by atoms with Crippen LogP contribution in [0.2, 0.25) is 4.34 Å². The second-order valence-corrected chi connectivity index (χ2v) is 8.09. The first kappa shape index (κ1) is 18.6. The van der Waals surface area contributed by atoms with Crippen LogP contribution in [0.1, 0.15) is 20.8 Å². The van der Waals surface area contributed by atoms with Crippen molar-refractivity contribution in [2.24, 2.45) is 0 Å². The number of thiophene rings is 1. The summed E-state index contributed by atoms with van der Waals surface area (Å²) in [6.45, 7) is 1.39. The number of hydrogen-bond donors (Lipinski definition) is 1. The van der Waals surface area contributed by atoms with Gasteiger partial charge < -0.3 is 10.2 Å². The van der Waals surface area contributed by atoms with Gasteiger partial charge in [0.05, 0.1) is 9.21 Å². The van der Waals surface area contributed by atoms with E-state index in [9.17, 15) is 4.79 Å². The van der Waals surface area contributed by atoms with Crippen molar-refractivity contribution in [3.63, 3.8) is 0 Å². The molecule has 0 unspecified atom stereocenters. The Hall–Kier alpha value is -2.14. The van der Waals surface area contributed by atoms with Gasteiger partial charge in [0.15, 0.2) is 0 Å². The molecule has 0 saturated carbocycles. The maximum Gasteiger partial charge on any atom is 0.261 e. The van der Waals surface area contributed by atoms with Crippen LogP contribution >= 0.6 is 22.9 Å². The normalized spacial score (nSPS) is 10.9. The van der Waals surface area contributed by atoms with Crippen LogP contribution < -0.4 is 5.32 Å². The molecule has 0 spiro atoms. The van der Waals surface area contributed by atoms with Gasteiger partial charge in [-0.3, -0.25) is 4.79 Å². The minimum absolute atomic E-state index is 0.0990. The highest BCUT2D eigenvalue weighted by Gasteiger charge is 2.10. The maximum absolute atomic E-state index is 12.3. The Morgan fingerprint density at radius 2 is 1.77 bits per heavy atom. The molecule has 1 amide bonds. The molecule has 1 N–H and O–H groups in total. The smallest absolute Gasteiger partial charge is 0.261 e. The Bertz CT molecular complexity index is 887. The van der Waals surface area contributed by atoms with Gasteiger partial charge in [-0.05, 0) is 48.5 Å². The van der Waals surface area contributed by atoms with Crippen molar-refractivity contribution >= 4 is 28.8 Å². The summed E-state index contributed by atoms with van der Waals surface area (Å²) >= 11 is 7.19. The molecule has 26 heavy (non-hydrogen) atoms. The summed E-state index contributed by atoms with van der Waals surface area (Å²) in [7, 11) is 4.12. The first-order chi connectivity index (χ1) is 12.5. The van der Waals surface area contributed by atoms with E-state index in [4.69, 9.17) is 11.6 Å². The van der Waals surface area contributed by atoms with Gasteiger partial charge in [0.1, 0.15) is 0 Å². The monoisotopic (exact) mass is 384 g/mol. The summed E-state index contributed by atoms with van der Waals surface area (Å²) in [5, 5.41) is 2.98. The summed E-state index contributed by atoms with van der Waals surface area (Å²) < 4.78 is 0.619. The number of benzene rings is 2. The van der Waals surface area contributed by atoms with Gasteiger partial charge in [-0.1, -0.05) is 60.1 Å². The Morgan fingerprint density at radius 3 is 2.42 bits per heavy atom. The van der Waals surface area contributed by atoms with Crippen molar-refractivity contribution < 1.29 is 4.79 Å². The molecule has 0 radical (unpaired) electrons. The lowest BCUT2D eigenvalue weighted by Crippen LogP contribution is -2.22. The van der Waals surface area contributed by atoms with Crippen LogP contribution in [-0.4, -0.2) is 24.9 Å². The van der Waals surface area contributed by atoms with E-state index in [1.165, 1.54) is 16.9 Å². The fourth-order valence-electron chi connectivity index (χ4n) is 2.81. The summed E-state index contributed by atoms with van der Waals surface area (Å²) in [6.07, 6.45) is 0. The van der Waals surface area contributed by atoms with E-state index in [0.717, 1.165) is 23.2 Å². The lowest BCUT2D eigenvalue weighted by molar-refractivity contribution is 0.0955. The predicted molar refractivity (Wildman–Crippen MR) is 110 cm³/mol. The average molecular weight is 385 g/mol. The zero-order valence-electron chi connectivity index (χ0n) is 14.8. The van der Waals surface area contributed by atoms with Crippen molar-refractivity contribution in [1.29, 1.82) is 0 Å². The second-order valence-electron chi connectivity index (χ2n) is 6.38. The minimum Gasteiger partial charge on any atom is -0.347 e. The van der Waals surface area contributed by atoms with Gasteiger partial charge >= 0.3 is 0 Å². The first-order valence-corrected chi connectivity index (χ1v) is 9.58. The molecule has 0 atom stereocenters. The Labute approximate surface area is 163 Å². The zero-order valence-corrected chi connectivity index (χ0v) is 16.4. The molecule has 3 rings (SSSR count). The quantitative estimate of drug-likeness (QED) is 0.644. The second kappa shape index (κ2) is 8.49. The number of carbonyl (C=O) groups is 1. The lowest BCUT2D eigenvalue weighted by atomic mass is 9.98. The molecule has 3 aromatic rings. The van der Waals surface area contributed by atoms with E-state index in [0.29, 0.717) is 15.8 Å². The molecular formula is C21H21ClN2OS. The van der Waals surface area contributed by atoms with Gasteiger partial charge in [0, 0.05) is 13.1 Å². The number of carbonyl (C=O) groups excluding carboxylic acids is 1. The number of nitrogens with zero attached hydrogens (tertiary/aromatic N) is 1. The van der Waals surface area contributed by atoms with E-state index in [2.05, 4.69) is 54.6 Å². The average Bonchev–Trinajstić information content (AvgIpc) is 3.07. The predicted octanol–water partition coefficient (Wildman–Crippen LogP) is 5.06. The van der Waals surface area contributed by atoms with Gasteiger partial charge in [-0.25, -0.2) is 0 Å². The van der Waals surface area contributed by atoms with Crippen LogP contribution in [-0.2, 0) is 13.1 Å². The molecule has 0 fully saturated rings. The van der Waals surface area contributed by atoms with Gasteiger partial charge in [0.2, 0.25) is 0 Å². The number of hydrogen-bond acceptors (Lipinski definition) is 3. The fraction of sp³-hybridized carbons (Fsp3) is 0.190. The van der Waals surface area contributed by atoms with Crippen LogP contribution in [0.25, 0.3) is 11.1 Å². The number of halogens is 1. The van der Waals surface area contributed by atoms with Crippen molar-refractivity contribution in [1.82, 2.24) is 10.2 Å². The first-order valence-electron chi connectivity index (χ1n) is 8.38. The molecular weight excluding hydrogens is 364 g/mol. The Kier molecular flexibility index (Phi) is 6.09. The van der Waals surface area contributed by atoms with Crippen LogP contribution in [0.3, 0.4) is 0 Å². The van der Waals surface area contributed by atoms with Gasteiger partial charge in [0.25, 0.3) is 5.91 Å². The van der Waals surface area contributed by atoms with Crippen LogP contribution in [0, 0.1) is 0 Å². The zero-order chi connectivity index (χ0) is 18.5. The van der Waals surface area contributed by atoms with E-state index in [-0.39, 0.29) is 5.91 Å². The largest absolute Gasteiger partial charge is 0.347 e. The molecule has 134 valence electrons. The molecule has 0 aliphatic carbocycles. The Morgan fingerprint density at radius 1 is 1.04 bits per heavy atom. The summed E-state index contributed by atoms with van der Waals surface area (Å²) in [5.74, 6) is -0.0990. The number of amides is 1. The van der Waals surface area contributed by atoms with E-state index >= 15 is 0 Å². The van der Waals surface area contributed by atoms with E-state index in [1.54, 1.807) is 12.1 Å². The molecule has 2 aromatic carbocycles. The molecule has 0 aliphatic rings. The topological polar surface area (TPSA) is 32.3 Å². The maximum atomic E-state index is 12.3. The fourth-order valence-corrected chi connectivity index (χ4v) is 3.77. The highest BCUT2D eigenvalue weighted by Crippen LogP contribution is 2.25. The molecule has 1 heterocycles. The van der Waals surface area contributed by atoms with Crippen LogP contribution in [0.4, 0.5) is 0 Å². The molecule has 0 aliphatic heterocycles. The lowest BCUT2D eigenvalue weighted by Gasteiger charge is -2.13. The van der Waals surface area contributed by atoms with Crippen molar-refractivity contribution in [3.8, 4) is 11.1 Å². The highest BCUT2D eigenvalue weighted by molar-refractivity contribution is 7.17. The van der Waals surface area contributed by atoms with Crippen molar-refractivity contribution in [2.45, 2.75) is 13.1 Å². The van der Waals surface area contributed by atoms with Crippen LogP contribution in [0.5, 0.6) is 0 Å². The molecule has 1 aromatic heterocycles. The molecule has 5 heteroatoms. The van der Waals surface area contributed by atoms with Crippen molar-refractivity contribution in [2.75, 3.05) is 14.1 Å². The third-order valence-corrected chi connectivity index (χ3v) is 5.25. The highest BCUT2D eigenvalue weighted by atomic mass is 35.5. The minimum atomic E-state index is -0.0990. The third kappa shape index (κ3) is 4.73. The number of nitrogens with one attached hydrogen (secondary N) is 1.